The van der Waals surface area contributed by atoms with Crippen molar-refractivity contribution in [3.05, 3.63) is 59.9 Å². The molecular formula is C26H32N6O6. The van der Waals surface area contributed by atoms with Gasteiger partial charge in [-0.25, -0.2) is 4.79 Å². The van der Waals surface area contributed by atoms with Gasteiger partial charge in [0.2, 0.25) is 11.8 Å². The Hall–Kier alpha value is -4.19. The summed E-state index contributed by atoms with van der Waals surface area (Å²) >= 11 is 0. The Bertz CT molecular complexity index is 1180. The Morgan fingerprint density at radius 3 is 2.66 bits per heavy atom. The summed E-state index contributed by atoms with van der Waals surface area (Å²) in [5, 5.41) is 2.56. The van der Waals surface area contributed by atoms with E-state index in [-0.39, 0.29) is 49.9 Å². The van der Waals surface area contributed by atoms with Gasteiger partial charge in [0.05, 0.1) is 30.9 Å². The number of ether oxygens (including phenoxy) is 2. The van der Waals surface area contributed by atoms with Gasteiger partial charge in [0.1, 0.15) is 25.0 Å². The van der Waals surface area contributed by atoms with Crippen LogP contribution in [0.3, 0.4) is 0 Å². The highest BCUT2D eigenvalue weighted by Crippen LogP contribution is 2.20. The predicted molar refractivity (Wildman–Crippen MR) is 136 cm³/mol. The summed E-state index contributed by atoms with van der Waals surface area (Å²) in [6.07, 6.45) is 2.60. The fourth-order valence-electron chi connectivity index (χ4n) is 4.53. The lowest BCUT2D eigenvalue weighted by Gasteiger charge is -2.29. The molecule has 0 spiro atoms. The van der Waals surface area contributed by atoms with Gasteiger partial charge in [-0.2, -0.15) is 0 Å². The van der Waals surface area contributed by atoms with E-state index in [1.54, 1.807) is 23.1 Å². The predicted octanol–water partition coefficient (Wildman–Crippen LogP) is 0.228. The topological polar surface area (TPSA) is 147 Å². The minimum Gasteiger partial charge on any atom is -0.490 e. The van der Waals surface area contributed by atoms with Gasteiger partial charge in [-0.1, -0.05) is 30.3 Å². The molecule has 1 aromatic heterocycles. The number of pyridine rings is 1. The number of rotatable bonds is 3. The van der Waals surface area contributed by atoms with Crippen LogP contribution in [0, 0.1) is 0 Å². The quantitative estimate of drug-likeness (QED) is 0.580. The zero-order valence-corrected chi connectivity index (χ0v) is 21.4. The van der Waals surface area contributed by atoms with E-state index in [1.807, 2.05) is 18.2 Å². The lowest BCUT2D eigenvalue weighted by atomic mass is 10.2. The molecule has 0 unspecified atom stereocenters. The molecular weight excluding hydrogens is 492 g/mol. The molecule has 3 N–H and O–H groups in total. The van der Waals surface area contributed by atoms with Crippen molar-refractivity contribution in [2.45, 2.75) is 31.2 Å². The summed E-state index contributed by atoms with van der Waals surface area (Å²) in [7, 11) is 2.98. The van der Waals surface area contributed by atoms with E-state index in [1.165, 1.54) is 36.3 Å². The number of nitrogens with two attached hydrogens (primary N) is 1. The van der Waals surface area contributed by atoms with Gasteiger partial charge in [0.15, 0.2) is 0 Å². The van der Waals surface area contributed by atoms with Crippen molar-refractivity contribution in [3.8, 4) is 5.75 Å². The smallest absolute Gasteiger partial charge is 0.408 e. The number of fused-ring (bicyclic) bond motifs is 3. The number of amides is 4. The number of alkyl carbamates (subject to hydrolysis) is 1. The molecule has 2 aliphatic rings. The van der Waals surface area contributed by atoms with Crippen molar-refractivity contribution >= 4 is 23.8 Å². The highest BCUT2D eigenvalue weighted by atomic mass is 16.5. The molecule has 1 saturated heterocycles. The molecule has 1 aromatic carbocycles. The van der Waals surface area contributed by atoms with E-state index < -0.39 is 23.9 Å². The molecule has 4 rings (SSSR count). The van der Waals surface area contributed by atoms with Crippen molar-refractivity contribution in [1.29, 1.82) is 0 Å². The van der Waals surface area contributed by atoms with Crippen LogP contribution in [0.4, 0.5) is 4.79 Å². The maximum Gasteiger partial charge on any atom is 0.408 e. The van der Waals surface area contributed by atoms with Crippen LogP contribution >= 0.6 is 0 Å². The Kier molecular flexibility index (Phi) is 8.41. The number of hydrogen-bond donors (Lipinski definition) is 2. The second-order valence-corrected chi connectivity index (χ2v) is 9.55. The number of likely N-dealkylation sites (N-methyl/N-ethyl adjacent to an activating group) is 2. The van der Waals surface area contributed by atoms with Crippen molar-refractivity contribution in [3.63, 3.8) is 0 Å². The molecule has 2 aliphatic heterocycles. The normalized spacial score (nSPS) is 22.8. The Balaban J connectivity index is 1.56. The molecule has 202 valence electrons. The van der Waals surface area contributed by atoms with Crippen LogP contribution in [0.5, 0.6) is 5.75 Å². The van der Waals surface area contributed by atoms with Crippen LogP contribution < -0.4 is 15.8 Å². The standard InChI is InChI=1S/C26H32N6O6/c1-30-13-22(29-26(36)38-15-17-6-4-3-5-7-17)25(35)31(2)14-23(33)32-12-19(27)9-20(32)16-37-21-8-18(24(30)34)10-28-11-21/h3-8,10-11,19-20,22H,9,12-16,27H2,1-2H3,(H,29,36)/t19-,20-,22-/m0/s1. The van der Waals surface area contributed by atoms with E-state index in [4.69, 9.17) is 15.2 Å². The molecule has 4 amide bonds. The van der Waals surface area contributed by atoms with Crippen molar-refractivity contribution < 1.29 is 28.7 Å². The van der Waals surface area contributed by atoms with Gasteiger partial charge in [-0.15, -0.1) is 0 Å². The highest BCUT2D eigenvalue weighted by Gasteiger charge is 2.36. The van der Waals surface area contributed by atoms with Crippen LogP contribution in [-0.4, -0.2) is 102 Å². The van der Waals surface area contributed by atoms with Gasteiger partial charge >= 0.3 is 6.09 Å². The molecule has 0 radical (unpaired) electrons. The number of nitrogens with one attached hydrogen (secondary N) is 1. The van der Waals surface area contributed by atoms with Gasteiger partial charge < -0.3 is 35.2 Å². The Labute approximate surface area is 220 Å². The summed E-state index contributed by atoms with van der Waals surface area (Å²) in [5.74, 6) is -0.885. The maximum atomic E-state index is 13.4. The van der Waals surface area contributed by atoms with Gasteiger partial charge in [0.25, 0.3) is 5.91 Å². The molecule has 0 saturated carbocycles. The first kappa shape index (κ1) is 26.9. The second-order valence-electron chi connectivity index (χ2n) is 9.55. The zero-order valence-electron chi connectivity index (χ0n) is 21.4. The lowest BCUT2D eigenvalue weighted by molar-refractivity contribution is -0.141. The average molecular weight is 525 g/mol. The SMILES string of the molecule is CN1C[C@H](NC(=O)OCc2ccccc2)C(=O)N(C)CC(=O)N2C[C@@H](N)C[C@H]2COc2cncc(c2)C1=O. The van der Waals surface area contributed by atoms with Crippen molar-refractivity contribution in [2.24, 2.45) is 5.73 Å². The van der Waals surface area contributed by atoms with Gasteiger partial charge in [0, 0.05) is 32.9 Å². The van der Waals surface area contributed by atoms with Crippen LogP contribution in [0.25, 0.3) is 0 Å². The zero-order chi connectivity index (χ0) is 27.2. The molecule has 2 bridgehead atoms. The summed E-state index contributed by atoms with van der Waals surface area (Å²) < 4.78 is 11.2. The monoisotopic (exact) mass is 524 g/mol. The third kappa shape index (κ3) is 6.57. The first-order valence-corrected chi connectivity index (χ1v) is 12.3. The summed E-state index contributed by atoms with van der Waals surface area (Å²) in [4.78, 5) is 60.5. The van der Waals surface area contributed by atoms with E-state index in [2.05, 4.69) is 10.3 Å². The largest absolute Gasteiger partial charge is 0.490 e. The number of benzene rings is 1. The average Bonchev–Trinajstić information content (AvgIpc) is 3.30. The molecule has 12 nitrogen and oxygen atoms in total. The number of hydrogen-bond acceptors (Lipinski definition) is 8. The first-order valence-electron chi connectivity index (χ1n) is 12.3. The first-order chi connectivity index (χ1) is 18.2. The maximum absolute atomic E-state index is 13.4. The van der Waals surface area contributed by atoms with E-state index in [0.717, 1.165) is 5.56 Å². The second kappa shape index (κ2) is 11.9. The molecule has 3 heterocycles. The molecule has 2 aromatic rings. The van der Waals surface area contributed by atoms with Crippen LogP contribution in [0.1, 0.15) is 22.3 Å². The van der Waals surface area contributed by atoms with E-state index >= 15 is 0 Å². The van der Waals surface area contributed by atoms with Crippen LogP contribution in [-0.2, 0) is 20.9 Å². The number of aromatic nitrogens is 1. The number of carbonyl (C=O) groups excluding carboxylic acids is 4. The fraction of sp³-hybridized carbons (Fsp3) is 0.423. The minimum absolute atomic E-state index is 0.00570. The summed E-state index contributed by atoms with van der Waals surface area (Å²) in [5.41, 5.74) is 7.15. The third-order valence-corrected chi connectivity index (χ3v) is 6.52. The summed E-state index contributed by atoms with van der Waals surface area (Å²) in [6, 6.07) is 8.96. The minimum atomic E-state index is -1.17. The van der Waals surface area contributed by atoms with Crippen molar-refractivity contribution in [1.82, 2.24) is 25.0 Å². The Morgan fingerprint density at radius 2 is 1.89 bits per heavy atom. The lowest BCUT2D eigenvalue weighted by Crippen LogP contribution is -2.55. The van der Waals surface area contributed by atoms with E-state index in [0.29, 0.717) is 18.7 Å². The third-order valence-electron chi connectivity index (χ3n) is 6.52. The molecule has 12 heteroatoms. The van der Waals surface area contributed by atoms with Crippen molar-refractivity contribution in [2.75, 3.05) is 40.3 Å². The van der Waals surface area contributed by atoms with E-state index in [9.17, 15) is 19.2 Å². The highest BCUT2D eigenvalue weighted by molar-refractivity contribution is 5.95. The molecule has 0 aliphatic carbocycles. The molecule has 38 heavy (non-hydrogen) atoms. The molecule has 1 fully saturated rings. The van der Waals surface area contributed by atoms with Gasteiger partial charge in [-0.3, -0.25) is 19.4 Å². The van der Waals surface area contributed by atoms with Crippen LogP contribution in [0.2, 0.25) is 0 Å². The number of carbonyl (C=O) groups is 4. The van der Waals surface area contributed by atoms with Crippen LogP contribution in [0.15, 0.2) is 48.8 Å². The Morgan fingerprint density at radius 1 is 1.13 bits per heavy atom. The van der Waals surface area contributed by atoms with Gasteiger partial charge in [-0.05, 0) is 18.1 Å². The summed E-state index contributed by atoms with van der Waals surface area (Å²) in [6.45, 7) is 0.114. The number of nitrogens with zero attached hydrogens (tertiary/aromatic N) is 4. The fourth-order valence-corrected chi connectivity index (χ4v) is 4.53. The molecule has 3 atom stereocenters.